The van der Waals surface area contributed by atoms with E-state index in [1.807, 2.05) is 6.07 Å². The number of nitrogens with one attached hydrogen (secondary N) is 2. The molecule has 1 aromatic carbocycles. The third-order valence-electron chi connectivity index (χ3n) is 4.73. The number of hydrogen-bond donors (Lipinski definition) is 2. The van der Waals surface area contributed by atoms with E-state index in [1.54, 1.807) is 58.9 Å². The van der Waals surface area contributed by atoms with Crippen LogP contribution in [0, 0.1) is 29.6 Å². The van der Waals surface area contributed by atoms with Crippen LogP contribution in [0.4, 0.5) is 4.79 Å². The molecule has 3 amide bonds. The molecule has 10 heteroatoms. The number of carbonyl (C=O) groups excluding carboxylic acids is 4. The molecule has 1 aromatic rings. The Labute approximate surface area is 205 Å². The fraction of sp³-hybridized carbons (Fsp3) is 0.480. The highest BCUT2D eigenvalue weighted by Gasteiger charge is 2.38. The average Bonchev–Trinajstić information content (AvgIpc) is 2.79. The van der Waals surface area contributed by atoms with Crippen molar-refractivity contribution in [3.8, 4) is 18.4 Å². The molecule has 188 valence electrons. The Hall–Kier alpha value is -4.05. The first-order valence-corrected chi connectivity index (χ1v) is 10.9. The van der Waals surface area contributed by atoms with Crippen LogP contribution in [-0.2, 0) is 23.9 Å². The quantitative estimate of drug-likeness (QED) is 0.310. The molecule has 0 saturated heterocycles. The summed E-state index contributed by atoms with van der Waals surface area (Å²) in [6.45, 7) is 7.49. The van der Waals surface area contributed by atoms with Gasteiger partial charge in [0.1, 0.15) is 30.8 Å². The third kappa shape index (κ3) is 8.67. The Morgan fingerprint density at radius 2 is 1.80 bits per heavy atom. The lowest BCUT2D eigenvalue weighted by molar-refractivity contribution is -0.144. The van der Waals surface area contributed by atoms with Crippen molar-refractivity contribution in [1.82, 2.24) is 15.5 Å². The zero-order valence-electron chi connectivity index (χ0n) is 20.9. The van der Waals surface area contributed by atoms with Crippen LogP contribution >= 0.6 is 0 Å². The molecule has 2 N–H and O–H groups in total. The van der Waals surface area contributed by atoms with Crippen LogP contribution in [0.1, 0.15) is 51.8 Å². The van der Waals surface area contributed by atoms with E-state index < -0.39 is 60.6 Å². The Kier molecular flexibility index (Phi) is 10.8. The lowest BCUT2D eigenvalue weighted by atomic mass is 9.96. The van der Waals surface area contributed by atoms with Gasteiger partial charge in [-0.1, -0.05) is 38.0 Å². The highest BCUT2D eigenvalue weighted by molar-refractivity contribution is 5.93. The van der Waals surface area contributed by atoms with Crippen molar-refractivity contribution in [2.75, 3.05) is 20.2 Å². The Balaban J connectivity index is 3.50. The SMILES string of the molecule is C#Cc1ccccc1C(C(=O)NCC(=O)OC)N(CC#N)C(=O)C(NC(=O)OC(C)(C)C)C(C)C. The van der Waals surface area contributed by atoms with E-state index in [4.69, 9.17) is 11.2 Å². The largest absolute Gasteiger partial charge is 0.468 e. The molecule has 0 heterocycles. The van der Waals surface area contributed by atoms with Crippen LogP contribution < -0.4 is 10.6 Å². The smallest absolute Gasteiger partial charge is 0.408 e. The minimum absolute atomic E-state index is 0.278. The summed E-state index contributed by atoms with van der Waals surface area (Å²) in [6, 6.07) is 5.85. The van der Waals surface area contributed by atoms with Gasteiger partial charge in [0.15, 0.2) is 0 Å². The van der Waals surface area contributed by atoms with Crippen molar-refractivity contribution in [2.45, 2.75) is 52.3 Å². The highest BCUT2D eigenvalue weighted by atomic mass is 16.6. The van der Waals surface area contributed by atoms with Gasteiger partial charge in [0.05, 0.1) is 13.2 Å². The molecule has 10 nitrogen and oxygen atoms in total. The zero-order chi connectivity index (χ0) is 26.8. The molecule has 0 radical (unpaired) electrons. The topological polar surface area (TPSA) is 138 Å². The van der Waals surface area contributed by atoms with Crippen molar-refractivity contribution in [3.05, 3.63) is 35.4 Å². The minimum Gasteiger partial charge on any atom is -0.468 e. The fourth-order valence-electron chi connectivity index (χ4n) is 3.15. The molecule has 2 atom stereocenters. The van der Waals surface area contributed by atoms with Crippen molar-refractivity contribution >= 4 is 23.9 Å². The van der Waals surface area contributed by atoms with Gasteiger partial charge in [-0.15, -0.1) is 6.42 Å². The summed E-state index contributed by atoms with van der Waals surface area (Å²) in [4.78, 5) is 52.0. The van der Waals surface area contributed by atoms with Crippen molar-refractivity contribution in [2.24, 2.45) is 5.92 Å². The second-order valence-corrected chi connectivity index (χ2v) is 8.92. The van der Waals surface area contributed by atoms with Gasteiger partial charge in [0.25, 0.3) is 0 Å². The molecule has 0 aliphatic carbocycles. The monoisotopic (exact) mass is 484 g/mol. The van der Waals surface area contributed by atoms with Gasteiger partial charge in [-0.2, -0.15) is 5.26 Å². The maximum atomic E-state index is 13.7. The number of amides is 3. The average molecular weight is 485 g/mol. The number of esters is 1. The van der Waals surface area contributed by atoms with E-state index in [2.05, 4.69) is 21.3 Å². The van der Waals surface area contributed by atoms with Gasteiger partial charge in [-0.05, 0) is 38.3 Å². The van der Waals surface area contributed by atoms with Crippen molar-refractivity contribution < 1.29 is 28.7 Å². The van der Waals surface area contributed by atoms with Crippen LogP contribution in [-0.4, -0.2) is 60.6 Å². The van der Waals surface area contributed by atoms with Crippen LogP contribution in [0.2, 0.25) is 0 Å². The Morgan fingerprint density at radius 3 is 2.31 bits per heavy atom. The normalized spacial score (nSPS) is 12.4. The Bertz CT molecular complexity index is 1020. The number of alkyl carbamates (subject to hydrolysis) is 1. The first-order valence-electron chi connectivity index (χ1n) is 10.9. The van der Waals surface area contributed by atoms with Gasteiger partial charge < -0.3 is 25.0 Å². The standard InChI is InChI=1S/C25H32N4O6/c1-8-17-11-9-10-12-18(17)21(22(31)27-15-19(30)34-7)29(14-13-26)23(32)20(16(2)3)28-24(33)35-25(4,5)6/h1,9-12,16,20-21H,14-15H2,2-7H3,(H,27,31)(H,28,33). The van der Waals surface area contributed by atoms with E-state index >= 15 is 0 Å². The summed E-state index contributed by atoms with van der Waals surface area (Å²) in [5, 5.41) is 14.5. The molecule has 0 aliphatic rings. The lowest BCUT2D eigenvalue weighted by Gasteiger charge is -2.34. The van der Waals surface area contributed by atoms with E-state index in [0.29, 0.717) is 5.56 Å². The molecular formula is C25H32N4O6. The van der Waals surface area contributed by atoms with E-state index in [1.165, 1.54) is 7.11 Å². The van der Waals surface area contributed by atoms with Crippen molar-refractivity contribution in [1.29, 1.82) is 5.26 Å². The van der Waals surface area contributed by atoms with Gasteiger partial charge in [0, 0.05) is 5.56 Å². The number of carbonyl (C=O) groups is 4. The summed E-state index contributed by atoms with van der Waals surface area (Å²) in [6.07, 6.45) is 4.80. The van der Waals surface area contributed by atoms with Crippen molar-refractivity contribution in [3.63, 3.8) is 0 Å². The summed E-state index contributed by atoms with van der Waals surface area (Å²) in [5.74, 6) is -0.0952. The summed E-state index contributed by atoms with van der Waals surface area (Å²) < 4.78 is 9.83. The number of rotatable bonds is 9. The molecule has 0 spiro atoms. The number of hydrogen-bond acceptors (Lipinski definition) is 7. The third-order valence-corrected chi connectivity index (χ3v) is 4.73. The van der Waals surface area contributed by atoms with Gasteiger partial charge in [-0.25, -0.2) is 4.79 Å². The number of nitriles is 1. The predicted molar refractivity (Wildman–Crippen MR) is 127 cm³/mol. The summed E-state index contributed by atoms with van der Waals surface area (Å²) in [7, 11) is 1.17. The summed E-state index contributed by atoms with van der Waals surface area (Å²) >= 11 is 0. The maximum absolute atomic E-state index is 13.7. The van der Waals surface area contributed by atoms with Crippen LogP contribution in [0.5, 0.6) is 0 Å². The molecule has 0 aliphatic heterocycles. The zero-order valence-corrected chi connectivity index (χ0v) is 20.9. The molecule has 0 aromatic heterocycles. The van der Waals surface area contributed by atoms with Crippen LogP contribution in [0.15, 0.2) is 24.3 Å². The van der Waals surface area contributed by atoms with Gasteiger partial charge >= 0.3 is 12.1 Å². The van der Waals surface area contributed by atoms with E-state index in [0.717, 1.165) is 4.90 Å². The predicted octanol–water partition coefficient (Wildman–Crippen LogP) is 1.90. The number of ether oxygens (including phenoxy) is 2. The first kappa shape index (κ1) is 29.0. The minimum atomic E-state index is -1.36. The van der Waals surface area contributed by atoms with Crippen LogP contribution in [0.25, 0.3) is 0 Å². The highest BCUT2D eigenvalue weighted by Crippen LogP contribution is 2.26. The second-order valence-electron chi connectivity index (χ2n) is 8.92. The van der Waals surface area contributed by atoms with E-state index in [-0.39, 0.29) is 5.56 Å². The second kappa shape index (κ2) is 13.0. The Morgan fingerprint density at radius 1 is 1.17 bits per heavy atom. The molecule has 2 unspecified atom stereocenters. The molecule has 35 heavy (non-hydrogen) atoms. The number of nitrogens with zero attached hydrogens (tertiary/aromatic N) is 2. The fourth-order valence-corrected chi connectivity index (χ4v) is 3.15. The molecule has 0 saturated carbocycles. The first-order chi connectivity index (χ1) is 16.4. The molecular weight excluding hydrogens is 452 g/mol. The summed E-state index contributed by atoms with van der Waals surface area (Å²) in [5.41, 5.74) is -0.202. The number of methoxy groups -OCH3 is 1. The molecule has 0 bridgehead atoms. The molecule has 1 rings (SSSR count). The molecule has 0 fully saturated rings. The maximum Gasteiger partial charge on any atom is 0.408 e. The lowest BCUT2D eigenvalue weighted by Crippen LogP contribution is -2.55. The number of terminal acetylenes is 1. The van der Waals surface area contributed by atoms with Gasteiger partial charge in [0.2, 0.25) is 11.8 Å². The number of benzene rings is 1. The van der Waals surface area contributed by atoms with E-state index in [9.17, 15) is 24.4 Å². The van der Waals surface area contributed by atoms with Gasteiger partial charge in [-0.3, -0.25) is 14.4 Å². The van der Waals surface area contributed by atoms with Crippen LogP contribution in [0.3, 0.4) is 0 Å².